The number of aromatic amines is 1. The highest BCUT2D eigenvalue weighted by atomic mass is 14.7. The first-order chi connectivity index (χ1) is 9.45. The van der Waals surface area contributed by atoms with Gasteiger partial charge in [-0.25, -0.2) is 0 Å². The highest BCUT2D eigenvalue weighted by Gasteiger charge is 2.00. The maximum absolute atomic E-state index is 3.38. The minimum absolute atomic E-state index is 0. The first-order valence-electron chi connectivity index (χ1n) is 6.40. The van der Waals surface area contributed by atoms with Crippen molar-refractivity contribution in [2.24, 2.45) is 0 Å². The van der Waals surface area contributed by atoms with Crippen LogP contribution in [0.5, 0.6) is 0 Å². The van der Waals surface area contributed by atoms with Crippen molar-refractivity contribution in [2.45, 2.75) is 0 Å². The van der Waals surface area contributed by atoms with E-state index < -0.39 is 0 Å². The van der Waals surface area contributed by atoms with E-state index in [2.05, 4.69) is 53.5 Å². The van der Waals surface area contributed by atoms with Gasteiger partial charge in [-0.2, -0.15) is 0 Å². The van der Waals surface area contributed by atoms with Crippen molar-refractivity contribution in [3.05, 3.63) is 84.9 Å². The predicted molar refractivity (Wildman–Crippen MR) is 88.0 cm³/mol. The van der Waals surface area contributed by atoms with Crippen LogP contribution in [0.1, 0.15) is 0 Å². The molecule has 0 atom stereocenters. The summed E-state index contributed by atoms with van der Waals surface area (Å²) in [5, 5.41) is 2.61. The molecule has 0 aliphatic heterocycles. The topological polar surface area (TPSA) is 15.8 Å². The molecule has 0 fully saturated rings. The fourth-order valence-electron chi connectivity index (χ4n) is 2.18. The molecule has 1 nitrogen and oxygen atoms in total. The Labute approximate surface area is 120 Å². The Morgan fingerprint density at radius 3 is 1.20 bits per heavy atom. The summed E-state index contributed by atoms with van der Waals surface area (Å²) in [4.78, 5) is 3.38. The van der Waals surface area contributed by atoms with E-state index in [0.29, 0.717) is 0 Å². The highest BCUT2D eigenvalue weighted by molar-refractivity contribution is 6.06. The molecule has 20 heavy (non-hydrogen) atoms. The van der Waals surface area contributed by atoms with Gasteiger partial charge in [0.05, 0.1) is 0 Å². The maximum Gasteiger partial charge on any atom is 0.0464 e. The number of para-hydroxylation sites is 2. The molecule has 0 spiro atoms. The van der Waals surface area contributed by atoms with Crippen molar-refractivity contribution in [3.8, 4) is 0 Å². The summed E-state index contributed by atoms with van der Waals surface area (Å²) in [7, 11) is 0. The SMILES string of the molecule is [B].c1ccc2c(c1)[nH]c1ccccc12.c1ccccc1. The number of rotatable bonds is 0. The van der Waals surface area contributed by atoms with Gasteiger partial charge in [-0.15, -0.1) is 0 Å². The second-order valence-corrected chi connectivity index (χ2v) is 4.37. The van der Waals surface area contributed by atoms with E-state index in [1.54, 1.807) is 0 Å². The highest BCUT2D eigenvalue weighted by Crippen LogP contribution is 2.24. The molecular weight excluding hydrogens is 241 g/mol. The van der Waals surface area contributed by atoms with Crippen LogP contribution < -0.4 is 0 Å². The number of hydrogen-bond donors (Lipinski definition) is 1. The Kier molecular flexibility index (Phi) is 4.62. The molecule has 1 aromatic heterocycles. The lowest BCUT2D eigenvalue weighted by Crippen LogP contribution is -1.62. The van der Waals surface area contributed by atoms with Crippen molar-refractivity contribution in [2.75, 3.05) is 0 Å². The number of benzene rings is 3. The molecule has 0 saturated heterocycles. The Morgan fingerprint density at radius 2 is 0.800 bits per heavy atom. The number of H-pyrrole nitrogens is 1. The van der Waals surface area contributed by atoms with E-state index >= 15 is 0 Å². The van der Waals surface area contributed by atoms with Crippen molar-refractivity contribution in [1.82, 2.24) is 4.98 Å². The molecule has 2 heteroatoms. The zero-order valence-corrected chi connectivity index (χ0v) is 11.2. The number of aromatic nitrogens is 1. The Hall–Kier alpha value is -2.48. The predicted octanol–water partition coefficient (Wildman–Crippen LogP) is 4.63. The largest absolute Gasteiger partial charge is 0.355 e. The van der Waals surface area contributed by atoms with Crippen LogP contribution in [0.15, 0.2) is 84.9 Å². The maximum atomic E-state index is 3.38. The molecule has 1 N–H and O–H groups in total. The van der Waals surface area contributed by atoms with Gasteiger partial charge in [0.25, 0.3) is 0 Å². The third kappa shape index (κ3) is 2.91. The second-order valence-electron chi connectivity index (χ2n) is 4.37. The van der Waals surface area contributed by atoms with Crippen molar-refractivity contribution in [1.29, 1.82) is 0 Å². The zero-order chi connectivity index (χ0) is 12.9. The lowest BCUT2D eigenvalue weighted by Gasteiger charge is -1.87. The van der Waals surface area contributed by atoms with Gasteiger partial charge in [-0.05, 0) is 12.1 Å². The normalized spacial score (nSPS) is 9.60. The van der Waals surface area contributed by atoms with Gasteiger partial charge in [-0.1, -0.05) is 72.8 Å². The lowest BCUT2D eigenvalue weighted by atomic mass is 10.2. The van der Waals surface area contributed by atoms with E-state index in [-0.39, 0.29) is 8.41 Å². The molecule has 0 aliphatic carbocycles. The molecule has 0 aliphatic rings. The summed E-state index contributed by atoms with van der Waals surface area (Å²) in [6.45, 7) is 0. The minimum Gasteiger partial charge on any atom is -0.355 e. The fourth-order valence-corrected chi connectivity index (χ4v) is 2.18. The molecular formula is C18H15BN. The summed E-state index contributed by atoms with van der Waals surface area (Å²) in [6, 6.07) is 28.8. The number of hydrogen-bond acceptors (Lipinski definition) is 0. The summed E-state index contributed by atoms with van der Waals surface area (Å²) in [6.07, 6.45) is 0. The van der Waals surface area contributed by atoms with Crippen LogP contribution in [-0.4, -0.2) is 13.4 Å². The van der Waals surface area contributed by atoms with Gasteiger partial charge in [0.15, 0.2) is 0 Å². The molecule has 4 rings (SSSR count). The van der Waals surface area contributed by atoms with Crippen molar-refractivity contribution >= 4 is 30.2 Å². The molecule has 4 aromatic rings. The third-order valence-electron chi connectivity index (χ3n) is 3.08. The minimum atomic E-state index is 0. The average molecular weight is 256 g/mol. The fraction of sp³-hybridized carbons (Fsp3) is 0. The zero-order valence-electron chi connectivity index (χ0n) is 11.2. The molecule has 0 unspecified atom stereocenters. The van der Waals surface area contributed by atoms with Gasteiger partial charge in [0, 0.05) is 30.2 Å². The van der Waals surface area contributed by atoms with Crippen LogP contribution >= 0.6 is 0 Å². The molecule has 0 bridgehead atoms. The lowest BCUT2D eigenvalue weighted by molar-refractivity contribution is 1.55. The van der Waals surface area contributed by atoms with Gasteiger partial charge >= 0.3 is 0 Å². The molecule has 3 radical (unpaired) electrons. The van der Waals surface area contributed by atoms with Crippen LogP contribution in [0.3, 0.4) is 0 Å². The smallest absolute Gasteiger partial charge is 0.0464 e. The Bertz CT molecular complexity index is 698. The van der Waals surface area contributed by atoms with Crippen LogP contribution in [0, 0.1) is 0 Å². The van der Waals surface area contributed by atoms with E-state index in [1.165, 1.54) is 21.8 Å². The van der Waals surface area contributed by atoms with E-state index in [0.717, 1.165) is 0 Å². The van der Waals surface area contributed by atoms with Crippen LogP contribution in [0.4, 0.5) is 0 Å². The van der Waals surface area contributed by atoms with Crippen LogP contribution in [-0.2, 0) is 0 Å². The number of fused-ring (bicyclic) bond motifs is 3. The van der Waals surface area contributed by atoms with Crippen LogP contribution in [0.25, 0.3) is 21.8 Å². The quantitative estimate of drug-likeness (QED) is 0.441. The number of nitrogens with one attached hydrogen (secondary N) is 1. The molecule has 0 amide bonds. The first-order valence-corrected chi connectivity index (χ1v) is 6.40. The van der Waals surface area contributed by atoms with Crippen LogP contribution in [0.2, 0.25) is 0 Å². The average Bonchev–Trinajstić information content (AvgIpc) is 2.88. The van der Waals surface area contributed by atoms with E-state index in [1.807, 2.05) is 36.4 Å². The van der Waals surface area contributed by atoms with Crippen molar-refractivity contribution in [3.63, 3.8) is 0 Å². The Morgan fingerprint density at radius 1 is 0.450 bits per heavy atom. The monoisotopic (exact) mass is 256 g/mol. The summed E-state index contributed by atoms with van der Waals surface area (Å²) < 4.78 is 0. The van der Waals surface area contributed by atoms with Gasteiger partial charge in [0.1, 0.15) is 0 Å². The molecule has 3 aromatic carbocycles. The Balaban J connectivity index is 0.000000180. The van der Waals surface area contributed by atoms with E-state index in [4.69, 9.17) is 0 Å². The molecule has 95 valence electrons. The summed E-state index contributed by atoms with van der Waals surface area (Å²) >= 11 is 0. The van der Waals surface area contributed by atoms with E-state index in [9.17, 15) is 0 Å². The standard InChI is InChI=1S/C12H9N.C6H6.B/c1-3-7-11-9(5-1)10-6-2-4-8-12(10)13-11;1-2-4-6-5-3-1;/h1-8,13H;1-6H;. The van der Waals surface area contributed by atoms with Crippen molar-refractivity contribution < 1.29 is 0 Å². The molecule has 1 heterocycles. The van der Waals surface area contributed by atoms with Gasteiger partial charge < -0.3 is 4.98 Å². The van der Waals surface area contributed by atoms with Gasteiger partial charge in [0.2, 0.25) is 0 Å². The van der Waals surface area contributed by atoms with Gasteiger partial charge in [-0.3, -0.25) is 0 Å². The first kappa shape index (κ1) is 13.9. The summed E-state index contributed by atoms with van der Waals surface area (Å²) in [5.74, 6) is 0. The summed E-state index contributed by atoms with van der Waals surface area (Å²) in [5.41, 5.74) is 2.42. The third-order valence-corrected chi connectivity index (χ3v) is 3.08. The second kappa shape index (κ2) is 6.62. The molecule has 0 saturated carbocycles.